The number of benzene rings is 3. The highest BCUT2D eigenvalue weighted by atomic mass is 16.5. The summed E-state index contributed by atoms with van der Waals surface area (Å²) in [6, 6.07) is 23.1. The molecule has 30 heavy (non-hydrogen) atoms. The molecular formula is C26H26N2O2. The Hall–Kier alpha value is -2.95. The molecule has 4 nitrogen and oxygen atoms in total. The van der Waals surface area contributed by atoms with Crippen LogP contribution in [0.3, 0.4) is 0 Å². The second kappa shape index (κ2) is 8.42. The molecule has 0 radical (unpaired) electrons. The summed E-state index contributed by atoms with van der Waals surface area (Å²) < 4.78 is 5.93. The van der Waals surface area contributed by atoms with Crippen molar-refractivity contribution in [1.29, 1.82) is 0 Å². The second-order valence-electron chi connectivity index (χ2n) is 8.13. The van der Waals surface area contributed by atoms with Gasteiger partial charge in [0.2, 0.25) is 0 Å². The fourth-order valence-corrected chi connectivity index (χ4v) is 4.31. The highest BCUT2D eigenvalue weighted by molar-refractivity contribution is 5.86. The van der Waals surface area contributed by atoms with Gasteiger partial charge in [-0.3, -0.25) is 9.89 Å². The van der Waals surface area contributed by atoms with E-state index in [4.69, 9.17) is 4.74 Å². The lowest BCUT2D eigenvalue weighted by molar-refractivity contribution is 0.0638. The maximum atomic E-state index is 10.5. The topological polar surface area (TPSA) is 45.1 Å². The smallest absolute Gasteiger partial charge is 0.120 e. The largest absolute Gasteiger partial charge is 0.491 e. The zero-order valence-electron chi connectivity index (χ0n) is 17.0. The Labute approximate surface area is 177 Å². The third kappa shape index (κ3) is 4.16. The maximum absolute atomic E-state index is 10.5. The average molecular weight is 399 g/mol. The molecule has 0 aromatic heterocycles. The van der Waals surface area contributed by atoms with E-state index in [2.05, 4.69) is 58.4 Å². The van der Waals surface area contributed by atoms with Crippen LogP contribution in [0.15, 0.2) is 71.7 Å². The monoisotopic (exact) mass is 398 g/mol. The predicted octanol–water partition coefficient (Wildman–Crippen LogP) is 4.08. The van der Waals surface area contributed by atoms with Crippen LogP contribution in [0.4, 0.5) is 0 Å². The molecule has 5 rings (SSSR count). The van der Waals surface area contributed by atoms with Gasteiger partial charge in [0, 0.05) is 25.8 Å². The Balaban J connectivity index is 1.18. The number of hydrogen-bond donors (Lipinski definition) is 1. The van der Waals surface area contributed by atoms with Gasteiger partial charge in [0.1, 0.15) is 18.5 Å². The second-order valence-corrected chi connectivity index (χ2v) is 8.13. The van der Waals surface area contributed by atoms with Crippen LogP contribution in [0, 0.1) is 0 Å². The molecule has 2 aliphatic rings. The van der Waals surface area contributed by atoms with Crippen LogP contribution in [0.5, 0.6) is 5.75 Å². The Kier molecular flexibility index (Phi) is 5.35. The van der Waals surface area contributed by atoms with E-state index >= 15 is 0 Å². The van der Waals surface area contributed by atoms with E-state index in [1.54, 1.807) is 0 Å². The summed E-state index contributed by atoms with van der Waals surface area (Å²) >= 11 is 0. The maximum Gasteiger partial charge on any atom is 0.120 e. The van der Waals surface area contributed by atoms with Gasteiger partial charge in [-0.05, 0) is 58.0 Å². The summed E-state index contributed by atoms with van der Waals surface area (Å²) in [6.07, 6.45) is 2.45. The van der Waals surface area contributed by atoms with Gasteiger partial charge in [0.05, 0.1) is 6.54 Å². The van der Waals surface area contributed by atoms with Crippen molar-refractivity contribution in [3.8, 4) is 16.9 Å². The van der Waals surface area contributed by atoms with Gasteiger partial charge in [-0.25, -0.2) is 0 Å². The third-order valence-corrected chi connectivity index (χ3v) is 5.92. The van der Waals surface area contributed by atoms with Crippen LogP contribution >= 0.6 is 0 Å². The first-order valence-electron chi connectivity index (χ1n) is 10.6. The molecule has 1 atom stereocenters. The van der Waals surface area contributed by atoms with Gasteiger partial charge in [-0.1, -0.05) is 48.5 Å². The van der Waals surface area contributed by atoms with E-state index < -0.39 is 6.10 Å². The number of ether oxygens (including phenoxy) is 1. The minimum absolute atomic E-state index is 0.291. The summed E-state index contributed by atoms with van der Waals surface area (Å²) in [7, 11) is 0. The molecule has 3 aromatic carbocycles. The Morgan fingerprint density at radius 3 is 2.73 bits per heavy atom. The highest BCUT2D eigenvalue weighted by Gasteiger charge is 2.18. The van der Waals surface area contributed by atoms with E-state index in [1.807, 2.05) is 24.4 Å². The van der Waals surface area contributed by atoms with E-state index in [-0.39, 0.29) is 0 Å². The van der Waals surface area contributed by atoms with Gasteiger partial charge >= 0.3 is 0 Å². The number of aliphatic imine (C=N–C) groups is 1. The summed E-state index contributed by atoms with van der Waals surface area (Å²) in [5, 5.41) is 10.5. The Morgan fingerprint density at radius 1 is 0.933 bits per heavy atom. The first-order chi connectivity index (χ1) is 14.7. The number of nitrogens with zero attached hydrogens (tertiary/aromatic N) is 2. The fraction of sp³-hybridized carbons (Fsp3) is 0.269. The molecule has 0 aliphatic carbocycles. The molecule has 152 valence electrons. The van der Waals surface area contributed by atoms with Crippen molar-refractivity contribution >= 4 is 6.21 Å². The van der Waals surface area contributed by atoms with Gasteiger partial charge < -0.3 is 9.84 Å². The lowest BCUT2D eigenvalue weighted by atomic mass is 10.00. The fourth-order valence-electron chi connectivity index (χ4n) is 4.31. The van der Waals surface area contributed by atoms with Crippen LogP contribution in [0.2, 0.25) is 0 Å². The van der Waals surface area contributed by atoms with Crippen LogP contribution in [0.25, 0.3) is 11.1 Å². The lowest BCUT2D eigenvalue weighted by Gasteiger charge is -2.30. The van der Waals surface area contributed by atoms with Crippen molar-refractivity contribution < 1.29 is 9.84 Å². The van der Waals surface area contributed by atoms with Gasteiger partial charge in [-0.15, -0.1) is 0 Å². The van der Waals surface area contributed by atoms with E-state index in [0.717, 1.165) is 42.9 Å². The normalized spacial score (nSPS) is 16.2. The standard InChI is InChI=1S/C26H26N2O2/c29-25(17-28-11-10-19-4-1-2-5-23(19)16-28)18-30-26-7-3-6-20(13-26)21-8-9-22-14-27-15-24(22)12-21/h1-9,12-14,25,29H,10-11,15-18H2. The van der Waals surface area contributed by atoms with Crippen LogP contribution in [-0.2, 0) is 19.5 Å². The number of fused-ring (bicyclic) bond motifs is 2. The molecular weight excluding hydrogens is 372 g/mol. The van der Waals surface area contributed by atoms with Crippen LogP contribution in [-0.4, -0.2) is 42.0 Å². The molecule has 2 aliphatic heterocycles. The SMILES string of the molecule is OC(COc1cccc(-c2ccc3c(c2)CN=C3)c1)CN1CCc2ccccc2C1. The van der Waals surface area contributed by atoms with Crippen molar-refractivity contribution in [1.82, 2.24) is 4.90 Å². The zero-order valence-corrected chi connectivity index (χ0v) is 17.0. The highest BCUT2D eigenvalue weighted by Crippen LogP contribution is 2.27. The Bertz CT molecular complexity index is 1080. The predicted molar refractivity (Wildman–Crippen MR) is 120 cm³/mol. The molecule has 0 fully saturated rings. The molecule has 0 saturated heterocycles. The molecule has 0 spiro atoms. The first-order valence-corrected chi connectivity index (χ1v) is 10.6. The third-order valence-electron chi connectivity index (χ3n) is 5.92. The van der Waals surface area contributed by atoms with E-state index in [9.17, 15) is 5.11 Å². The number of hydrogen-bond acceptors (Lipinski definition) is 4. The minimum Gasteiger partial charge on any atom is -0.491 e. The molecule has 0 amide bonds. The van der Waals surface area contributed by atoms with Crippen molar-refractivity contribution in [3.05, 3.63) is 89.0 Å². The van der Waals surface area contributed by atoms with Crippen molar-refractivity contribution in [2.45, 2.75) is 25.6 Å². The molecule has 4 heteroatoms. The first kappa shape index (κ1) is 19.0. The van der Waals surface area contributed by atoms with E-state index in [0.29, 0.717) is 13.2 Å². The quantitative estimate of drug-likeness (QED) is 0.680. The van der Waals surface area contributed by atoms with Crippen molar-refractivity contribution in [3.63, 3.8) is 0 Å². The summed E-state index contributed by atoms with van der Waals surface area (Å²) in [4.78, 5) is 6.64. The minimum atomic E-state index is -0.518. The summed E-state index contributed by atoms with van der Waals surface area (Å²) in [6.45, 7) is 3.54. The molecule has 3 aromatic rings. The Morgan fingerprint density at radius 2 is 1.80 bits per heavy atom. The van der Waals surface area contributed by atoms with Crippen molar-refractivity contribution in [2.24, 2.45) is 4.99 Å². The summed E-state index contributed by atoms with van der Waals surface area (Å²) in [5.74, 6) is 0.785. The number of rotatable bonds is 6. The van der Waals surface area contributed by atoms with Gasteiger partial charge in [0.25, 0.3) is 0 Å². The zero-order chi connectivity index (χ0) is 20.3. The number of aliphatic hydroxyl groups excluding tert-OH is 1. The van der Waals surface area contributed by atoms with Crippen molar-refractivity contribution in [2.75, 3.05) is 19.7 Å². The summed E-state index contributed by atoms with van der Waals surface area (Å²) in [5.41, 5.74) is 7.53. The molecule has 1 N–H and O–H groups in total. The van der Waals surface area contributed by atoms with Crippen LogP contribution < -0.4 is 4.74 Å². The molecule has 0 bridgehead atoms. The number of β-amino-alcohol motifs (C(OH)–C–C–N with tert-alkyl or cyclic N) is 1. The van der Waals surface area contributed by atoms with Crippen LogP contribution in [0.1, 0.15) is 22.3 Å². The van der Waals surface area contributed by atoms with Gasteiger partial charge in [0.15, 0.2) is 0 Å². The molecule has 2 heterocycles. The van der Waals surface area contributed by atoms with Gasteiger partial charge in [-0.2, -0.15) is 0 Å². The lowest BCUT2D eigenvalue weighted by Crippen LogP contribution is -2.38. The van der Waals surface area contributed by atoms with E-state index in [1.165, 1.54) is 22.3 Å². The average Bonchev–Trinajstić information content (AvgIpc) is 3.26. The molecule has 1 unspecified atom stereocenters. The number of aliphatic hydroxyl groups is 1. The molecule has 0 saturated carbocycles.